The van der Waals surface area contributed by atoms with Crippen LogP contribution in [0.2, 0.25) is 10.0 Å². The van der Waals surface area contributed by atoms with E-state index in [1.807, 2.05) is 0 Å². The third-order valence-electron chi connectivity index (χ3n) is 3.43. The molecule has 1 fully saturated rings. The minimum absolute atomic E-state index is 0.0781. The van der Waals surface area contributed by atoms with Crippen molar-refractivity contribution in [3.05, 3.63) is 52.3 Å². The third-order valence-corrected chi connectivity index (χ3v) is 3.87. The number of nitrogens with one attached hydrogen (secondary N) is 1. The maximum Gasteiger partial charge on any atom is 0.272 e. The fourth-order valence-corrected chi connectivity index (χ4v) is 2.84. The molecule has 2 heterocycles. The molecule has 0 unspecified atom stereocenters. The summed E-state index contributed by atoms with van der Waals surface area (Å²) in [4.78, 5) is 18.3. The Balaban J connectivity index is 1.70. The van der Waals surface area contributed by atoms with E-state index in [9.17, 15) is 4.79 Å². The Bertz CT molecular complexity index is 681. The lowest BCUT2D eigenvalue weighted by atomic mass is 10.2. The summed E-state index contributed by atoms with van der Waals surface area (Å²) in [6.07, 6.45) is 1.61. The zero-order valence-electron chi connectivity index (χ0n) is 12.3. The molecule has 0 saturated carbocycles. The first-order valence-electron chi connectivity index (χ1n) is 7.18. The van der Waals surface area contributed by atoms with Crippen LogP contribution in [0.5, 0.6) is 0 Å². The van der Waals surface area contributed by atoms with Gasteiger partial charge >= 0.3 is 0 Å². The number of morpholine rings is 1. The Hall–Kier alpha value is -1.82. The largest absolute Gasteiger partial charge is 0.378 e. The summed E-state index contributed by atoms with van der Waals surface area (Å²) in [7, 11) is 0. The summed E-state index contributed by atoms with van der Waals surface area (Å²) in [5.41, 5.74) is 1.93. The lowest BCUT2D eigenvalue weighted by Crippen LogP contribution is -2.41. The number of aromatic nitrogens is 1. The Morgan fingerprint density at radius 1 is 1.09 bits per heavy atom. The first-order valence-corrected chi connectivity index (χ1v) is 7.93. The summed E-state index contributed by atoms with van der Waals surface area (Å²) in [6, 6.07) is 8.69. The topological polar surface area (TPSA) is 54.5 Å². The van der Waals surface area contributed by atoms with E-state index in [1.54, 1.807) is 41.4 Å². The molecule has 1 aliphatic heterocycles. The summed E-state index contributed by atoms with van der Waals surface area (Å²) >= 11 is 11.9. The van der Waals surface area contributed by atoms with Crippen molar-refractivity contribution in [1.82, 2.24) is 9.88 Å². The number of ether oxygens (including phenoxy) is 1. The zero-order valence-corrected chi connectivity index (χ0v) is 13.8. The number of hydrogen-bond acceptors (Lipinski definition) is 4. The number of amides is 1. The molecule has 1 saturated heterocycles. The number of pyridine rings is 1. The van der Waals surface area contributed by atoms with Crippen LogP contribution >= 0.6 is 23.2 Å². The SMILES string of the molecule is O=C(c1ccc(Nc2cc(Cl)cc(Cl)c2)cn1)N1CCOCC1. The maximum atomic E-state index is 12.3. The molecule has 0 spiro atoms. The van der Waals surface area contributed by atoms with E-state index >= 15 is 0 Å². The van der Waals surface area contributed by atoms with E-state index in [4.69, 9.17) is 27.9 Å². The highest BCUT2D eigenvalue weighted by atomic mass is 35.5. The Morgan fingerprint density at radius 3 is 2.39 bits per heavy atom. The van der Waals surface area contributed by atoms with Crippen LogP contribution in [0.4, 0.5) is 11.4 Å². The second kappa shape index (κ2) is 7.17. The van der Waals surface area contributed by atoms with Crippen molar-refractivity contribution < 1.29 is 9.53 Å². The van der Waals surface area contributed by atoms with Crippen molar-refractivity contribution in [3.63, 3.8) is 0 Å². The van der Waals surface area contributed by atoms with Gasteiger partial charge in [-0.2, -0.15) is 0 Å². The summed E-state index contributed by atoms with van der Waals surface area (Å²) < 4.78 is 5.24. The predicted molar refractivity (Wildman–Crippen MR) is 90.7 cm³/mol. The number of halogens is 2. The molecule has 1 amide bonds. The van der Waals surface area contributed by atoms with Gasteiger partial charge in [-0.1, -0.05) is 23.2 Å². The van der Waals surface area contributed by atoms with Crippen LogP contribution in [-0.2, 0) is 4.74 Å². The molecule has 1 aliphatic rings. The van der Waals surface area contributed by atoms with Gasteiger partial charge < -0.3 is 15.0 Å². The van der Waals surface area contributed by atoms with E-state index < -0.39 is 0 Å². The van der Waals surface area contributed by atoms with E-state index in [0.29, 0.717) is 42.0 Å². The van der Waals surface area contributed by atoms with E-state index in [1.165, 1.54) is 0 Å². The molecular formula is C16H15Cl2N3O2. The van der Waals surface area contributed by atoms with E-state index in [-0.39, 0.29) is 5.91 Å². The molecule has 1 aromatic carbocycles. The fraction of sp³-hybridized carbons (Fsp3) is 0.250. The molecule has 0 radical (unpaired) electrons. The van der Waals surface area contributed by atoms with Crippen LogP contribution in [0.15, 0.2) is 36.5 Å². The second-order valence-corrected chi connectivity index (χ2v) is 5.99. The van der Waals surface area contributed by atoms with Crippen LogP contribution in [0.3, 0.4) is 0 Å². The average molecular weight is 352 g/mol. The fourth-order valence-electron chi connectivity index (χ4n) is 2.32. The van der Waals surface area contributed by atoms with Crippen LogP contribution in [0.1, 0.15) is 10.5 Å². The molecule has 2 aromatic rings. The molecule has 3 rings (SSSR count). The van der Waals surface area contributed by atoms with Gasteiger partial charge in [-0.3, -0.25) is 4.79 Å². The van der Waals surface area contributed by atoms with Crippen molar-refractivity contribution in [2.24, 2.45) is 0 Å². The Kier molecular flexibility index (Phi) is 5.00. The first-order chi connectivity index (χ1) is 11.1. The highest BCUT2D eigenvalue weighted by molar-refractivity contribution is 6.35. The lowest BCUT2D eigenvalue weighted by molar-refractivity contribution is 0.0299. The molecule has 23 heavy (non-hydrogen) atoms. The number of nitrogens with zero attached hydrogens (tertiary/aromatic N) is 2. The van der Waals surface area contributed by atoms with Gasteiger partial charge in [0.1, 0.15) is 5.69 Å². The minimum atomic E-state index is -0.0781. The maximum absolute atomic E-state index is 12.3. The molecule has 1 aromatic heterocycles. The van der Waals surface area contributed by atoms with E-state index in [0.717, 1.165) is 11.4 Å². The smallest absolute Gasteiger partial charge is 0.272 e. The van der Waals surface area contributed by atoms with Gasteiger partial charge in [0.15, 0.2) is 0 Å². The van der Waals surface area contributed by atoms with Crippen molar-refractivity contribution >= 4 is 40.5 Å². The van der Waals surface area contributed by atoms with E-state index in [2.05, 4.69) is 10.3 Å². The molecule has 0 atom stereocenters. The van der Waals surface area contributed by atoms with Gasteiger partial charge in [-0.05, 0) is 30.3 Å². The van der Waals surface area contributed by atoms with Crippen molar-refractivity contribution in [3.8, 4) is 0 Å². The monoisotopic (exact) mass is 351 g/mol. The van der Waals surface area contributed by atoms with Crippen LogP contribution < -0.4 is 5.32 Å². The standard InChI is InChI=1S/C16H15Cl2N3O2/c17-11-7-12(18)9-14(8-11)20-13-1-2-15(19-10-13)16(22)21-3-5-23-6-4-21/h1-2,7-10,20H,3-6H2. The second-order valence-electron chi connectivity index (χ2n) is 5.12. The van der Waals surface area contributed by atoms with Gasteiger partial charge in [0.2, 0.25) is 0 Å². The molecule has 7 heteroatoms. The minimum Gasteiger partial charge on any atom is -0.378 e. The number of anilines is 2. The third kappa shape index (κ3) is 4.13. The van der Waals surface area contributed by atoms with Crippen molar-refractivity contribution in [1.29, 1.82) is 0 Å². The molecule has 0 bridgehead atoms. The molecule has 0 aliphatic carbocycles. The molecular weight excluding hydrogens is 337 g/mol. The lowest BCUT2D eigenvalue weighted by Gasteiger charge is -2.26. The molecule has 5 nitrogen and oxygen atoms in total. The van der Waals surface area contributed by atoms with Gasteiger partial charge in [0.25, 0.3) is 5.91 Å². The highest BCUT2D eigenvalue weighted by Crippen LogP contribution is 2.25. The number of carbonyl (C=O) groups is 1. The van der Waals surface area contributed by atoms with Gasteiger partial charge in [0, 0.05) is 28.8 Å². The van der Waals surface area contributed by atoms with Gasteiger partial charge in [-0.25, -0.2) is 4.98 Å². The molecule has 120 valence electrons. The quantitative estimate of drug-likeness (QED) is 0.917. The predicted octanol–water partition coefficient (Wildman–Crippen LogP) is 3.60. The number of benzene rings is 1. The van der Waals surface area contributed by atoms with Gasteiger partial charge in [-0.15, -0.1) is 0 Å². The zero-order chi connectivity index (χ0) is 16.2. The summed E-state index contributed by atoms with van der Waals surface area (Å²) in [6.45, 7) is 2.34. The van der Waals surface area contributed by atoms with Crippen molar-refractivity contribution in [2.75, 3.05) is 31.6 Å². The van der Waals surface area contributed by atoms with Gasteiger partial charge in [0.05, 0.1) is 25.1 Å². The Morgan fingerprint density at radius 2 is 1.78 bits per heavy atom. The average Bonchev–Trinajstić information content (AvgIpc) is 2.55. The van der Waals surface area contributed by atoms with Crippen LogP contribution in [0.25, 0.3) is 0 Å². The first kappa shape index (κ1) is 16.1. The summed E-state index contributed by atoms with van der Waals surface area (Å²) in [5, 5.41) is 4.25. The Labute approximate surface area is 144 Å². The normalized spacial score (nSPS) is 14.6. The van der Waals surface area contributed by atoms with Crippen LogP contribution in [-0.4, -0.2) is 42.1 Å². The number of carbonyl (C=O) groups excluding carboxylic acids is 1. The van der Waals surface area contributed by atoms with Crippen molar-refractivity contribution in [2.45, 2.75) is 0 Å². The number of hydrogen-bond donors (Lipinski definition) is 1. The number of rotatable bonds is 3. The highest BCUT2D eigenvalue weighted by Gasteiger charge is 2.19. The van der Waals surface area contributed by atoms with Crippen LogP contribution in [0, 0.1) is 0 Å². The molecule has 1 N–H and O–H groups in total. The summed E-state index contributed by atoms with van der Waals surface area (Å²) in [5.74, 6) is -0.0781.